The SMILES string of the molecule is CC(N)CCc1ccc(OCC(=O)NC2CCCC2)cc1. The summed E-state index contributed by atoms with van der Waals surface area (Å²) in [7, 11) is 0. The molecule has 21 heavy (non-hydrogen) atoms. The molecule has 2 rings (SSSR count). The minimum absolute atomic E-state index is 0.0251. The number of amides is 1. The van der Waals surface area contributed by atoms with E-state index in [2.05, 4.69) is 5.32 Å². The van der Waals surface area contributed by atoms with Gasteiger partial charge in [0.1, 0.15) is 5.75 Å². The lowest BCUT2D eigenvalue weighted by molar-refractivity contribution is -0.123. The number of nitrogens with one attached hydrogen (secondary N) is 1. The van der Waals surface area contributed by atoms with Crippen LogP contribution >= 0.6 is 0 Å². The first-order valence-corrected chi connectivity index (χ1v) is 7.90. The number of ether oxygens (including phenoxy) is 1. The summed E-state index contributed by atoms with van der Waals surface area (Å²) in [5.41, 5.74) is 6.99. The van der Waals surface area contributed by atoms with Crippen LogP contribution in [0.2, 0.25) is 0 Å². The van der Waals surface area contributed by atoms with E-state index in [1.807, 2.05) is 31.2 Å². The number of nitrogens with two attached hydrogens (primary N) is 1. The smallest absolute Gasteiger partial charge is 0.258 e. The molecule has 116 valence electrons. The number of benzene rings is 1. The molecule has 4 heteroatoms. The van der Waals surface area contributed by atoms with Gasteiger partial charge in [-0.05, 0) is 50.3 Å². The van der Waals surface area contributed by atoms with E-state index < -0.39 is 0 Å². The van der Waals surface area contributed by atoms with Crippen LogP contribution in [0.15, 0.2) is 24.3 Å². The van der Waals surface area contributed by atoms with Gasteiger partial charge in [-0.1, -0.05) is 25.0 Å². The topological polar surface area (TPSA) is 64.3 Å². The third-order valence-electron chi connectivity index (χ3n) is 3.90. The first-order valence-electron chi connectivity index (χ1n) is 7.90. The summed E-state index contributed by atoms with van der Waals surface area (Å²) in [5, 5.41) is 3.02. The zero-order valence-electron chi connectivity index (χ0n) is 12.8. The molecule has 1 saturated carbocycles. The number of aryl methyl sites for hydroxylation is 1. The lowest BCUT2D eigenvalue weighted by Crippen LogP contribution is -2.36. The zero-order chi connectivity index (χ0) is 15.1. The van der Waals surface area contributed by atoms with E-state index in [0.29, 0.717) is 6.04 Å². The van der Waals surface area contributed by atoms with Crippen LogP contribution in [0.5, 0.6) is 5.75 Å². The Kier molecular flexibility index (Phi) is 6.05. The third kappa shape index (κ3) is 5.76. The monoisotopic (exact) mass is 290 g/mol. The second-order valence-electron chi connectivity index (χ2n) is 6.00. The van der Waals surface area contributed by atoms with Gasteiger partial charge in [-0.15, -0.1) is 0 Å². The van der Waals surface area contributed by atoms with Crippen molar-refractivity contribution in [2.45, 2.75) is 57.5 Å². The quantitative estimate of drug-likeness (QED) is 0.810. The van der Waals surface area contributed by atoms with Gasteiger partial charge in [0.15, 0.2) is 6.61 Å². The maximum atomic E-state index is 11.8. The Labute approximate surface area is 127 Å². The summed E-state index contributed by atoms with van der Waals surface area (Å²) < 4.78 is 5.52. The van der Waals surface area contributed by atoms with Gasteiger partial charge in [-0.2, -0.15) is 0 Å². The fourth-order valence-corrected chi connectivity index (χ4v) is 2.64. The first-order chi connectivity index (χ1) is 10.1. The van der Waals surface area contributed by atoms with Crippen molar-refractivity contribution in [1.82, 2.24) is 5.32 Å². The van der Waals surface area contributed by atoms with Gasteiger partial charge in [0.05, 0.1) is 0 Å². The van der Waals surface area contributed by atoms with Crippen molar-refractivity contribution in [2.24, 2.45) is 5.73 Å². The molecule has 1 atom stereocenters. The Bertz CT molecular complexity index is 437. The van der Waals surface area contributed by atoms with Crippen LogP contribution in [0.1, 0.15) is 44.6 Å². The van der Waals surface area contributed by atoms with Crippen molar-refractivity contribution in [3.8, 4) is 5.75 Å². The molecular weight excluding hydrogens is 264 g/mol. The molecule has 4 nitrogen and oxygen atoms in total. The fraction of sp³-hybridized carbons (Fsp3) is 0.588. The highest BCUT2D eigenvalue weighted by atomic mass is 16.5. The molecule has 1 aromatic rings. The Balaban J connectivity index is 1.71. The Morgan fingerprint density at radius 1 is 1.33 bits per heavy atom. The fourth-order valence-electron chi connectivity index (χ4n) is 2.64. The van der Waals surface area contributed by atoms with Crippen molar-refractivity contribution in [1.29, 1.82) is 0 Å². The predicted molar refractivity (Wildman–Crippen MR) is 84.3 cm³/mol. The van der Waals surface area contributed by atoms with Gasteiger partial charge in [0, 0.05) is 12.1 Å². The molecule has 1 aliphatic carbocycles. The molecular formula is C17H26N2O2. The minimum Gasteiger partial charge on any atom is -0.484 e. The van der Waals surface area contributed by atoms with Gasteiger partial charge < -0.3 is 15.8 Å². The number of hydrogen-bond donors (Lipinski definition) is 2. The highest BCUT2D eigenvalue weighted by molar-refractivity contribution is 5.77. The van der Waals surface area contributed by atoms with E-state index in [4.69, 9.17) is 10.5 Å². The van der Waals surface area contributed by atoms with E-state index in [-0.39, 0.29) is 18.6 Å². The summed E-state index contributed by atoms with van der Waals surface area (Å²) in [6, 6.07) is 8.47. The Hall–Kier alpha value is -1.55. The summed E-state index contributed by atoms with van der Waals surface area (Å²) in [6.07, 6.45) is 6.58. The summed E-state index contributed by atoms with van der Waals surface area (Å²) in [4.78, 5) is 11.8. The molecule has 0 spiro atoms. The summed E-state index contributed by atoms with van der Waals surface area (Å²) in [6.45, 7) is 2.11. The van der Waals surface area contributed by atoms with Crippen LogP contribution in [0.4, 0.5) is 0 Å². The average Bonchev–Trinajstić information content (AvgIpc) is 2.97. The molecule has 0 saturated heterocycles. The predicted octanol–water partition coefficient (Wildman–Crippen LogP) is 2.40. The standard InChI is InChI=1S/C17H26N2O2/c1-13(18)6-7-14-8-10-16(11-9-14)21-12-17(20)19-15-4-2-3-5-15/h8-11,13,15H,2-7,12,18H2,1H3,(H,19,20). The van der Waals surface area contributed by atoms with Crippen LogP contribution in [-0.4, -0.2) is 24.6 Å². The van der Waals surface area contributed by atoms with Gasteiger partial charge in [-0.3, -0.25) is 4.79 Å². The zero-order valence-corrected chi connectivity index (χ0v) is 12.8. The normalized spacial score (nSPS) is 16.7. The van der Waals surface area contributed by atoms with E-state index >= 15 is 0 Å². The molecule has 3 N–H and O–H groups in total. The molecule has 1 aromatic carbocycles. The van der Waals surface area contributed by atoms with Crippen LogP contribution in [0.25, 0.3) is 0 Å². The second kappa shape index (κ2) is 8.03. The molecule has 1 aliphatic rings. The van der Waals surface area contributed by atoms with E-state index in [1.54, 1.807) is 0 Å². The van der Waals surface area contributed by atoms with E-state index in [0.717, 1.165) is 31.4 Å². The van der Waals surface area contributed by atoms with Crippen molar-refractivity contribution < 1.29 is 9.53 Å². The molecule has 0 bridgehead atoms. The second-order valence-corrected chi connectivity index (χ2v) is 6.00. The van der Waals surface area contributed by atoms with Crippen molar-refractivity contribution in [2.75, 3.05) is 6.61 Å². The van der Waals surface area contributed by atoms with E-state index in [9.17, 15) is 4.79 Å². The summed E-state index contributed by atoms with van der Waals surface area (Å²) in [5.74, 6) is 0.712. The highest BCUT2D eigenvalue weighted by Gasteiger charge is 2.17. The van der Waals surface area contributed by atoms with Gasteiger partial charge in [0.25, 0.3) is 5.91 Å². The van der Waals surface area contributed by atoms with Gasteiger partial charge in [0.2, 0.25) is 0 Å². The van der Waals surface area contributed by atoms with Crippen molar-refractivity contribution in [3.63, 3.8) is 0 Å². The third-order valence-corrected chi connectivity index (χ3v) is 3.90. The molecule has 0 heterocycles. The number of rotatable bonds is 7. The molecule has 1 unspecified atom stereocenters. The number of carbonyl (C=O) groups excluding carboxylic acids is 1. The van der Waals surface area contributed by atoms with E-state index in [1.165, 1.54) is 18.4 Å². The maximum absolute atomic E-state index is 11.8. The Morgan fingerprint density at radius 2 is 2.00 bits per heavy atom. The van der Waals surface area contributed by atoms with Gasteiger partial charge >= 0.3 is 0 Å². The maximum Gasteiger partial charge on any atom is 0.258 e. The number of carbonyl (C=O) groups is 1. The molecule has 0 aliphatic heterocycles. The summed E-state index contributed by atoms with van der Waals surface area (Å²) >= 11 is 0. The van der Waals surface area contributed by atoms with Crippen molar-refractivity contribution in [3.05, 3.63) is 29.8 Å². The lowest BCUT2D eigenvalue weighted by Gasteiger charge is -2.12. The number of hydrogen-bond acceptors (Lipinski definition) is 3. The Morgan fingerprint density at radius 3 is 2.62 bits per heavy atom. The molecule has 0 aromatic heterocycles. The molecule has 1 amide bonds. The highest BCUT2D eigenvalue weighted by Crippen LogP contribution is 2.17. The van der Waals surface area contributed by atoms with Crippen LogP contribution in [-0.2, 0) is 11.2 Å². The first kappa shape index (κ1) is 15.8. The van der Waals surface area contributed by atoms with Gasteiger partial charge in [-0.25, -0.2) is 0 Å². The van der Waals surface area contributed by atoms with Crippen LogP contribution < -0.4 is 15.8 Å². The minimum atomic E-state index is -0.0251. The van der Waals surface area contributed by atoms with Crippen molar-refractivity contribution >= 4 is 5.91 Å². The lowest BCUT2D eigenvalue weighted by atomic mass is 10.1. The molecule has 0 radical (unpaired) electrons. The molecule has 1 fully saturated rings. The average molecular weight is 290 g/mol. The van der Waals surface area contributed by atoms with Crippen LogP contribution in [0, 0.1) is 0 Å². The largest absolute Gasteiger partial charge is 0.484 e. The van der Waals surface area contributed by atoms with Crippen LogP contribution in [0.3, 0.4) is 0 Å².